The van der Waals surface area contributed by atoms with Crippen molar-refractivity contribution in [1.82, 2.24) is 0 Å². The Morgan fingerprint density at radius 3 is 2.47 bits per heavy atom. The molecule has 0 aliphatic carbocycles. The Labute approximate surface area is 99.1 Å². The van der Waals surface area contributed by atoms with Crippen molar-refractivity contribution in [2.75, 3.05) is 12.5 Å². The van der Waals surface area contributed by atoms with Gasteiger partial charge in [0.05, 0.1) is 12.2 Å². The molecule has 0 bridgehead atoms. The molecule has 0 aromatic heterocycles. The molecule has 1 rings (SSSR count). The Morgan fingerprint density at radius 2 is 1.87 bits per heavy atom. The van der Waals surface area contributed by atoms with Crippen molar-refractivity contribution in [2.24, 2.45) is 0 Å². The summed E-state index contributed by atoms with van der Waals surface area (Å²) in [7, 11) is 0. The number of carbonyl (C=O) groups is 1. The first kappa shape index (κ1) is 12.3. The van der Waals surface area contributed by atoms with E-state index in [9.17, 15) is 4.79 Å². The molecule has 0 fully saturated rings. The van der Waals surface area contributed by atoms with E-state index < -0.39 is 0 Å². The SMILES string of the molecule is O=C(OCCCCCl)c1ccc(Cl)cc1. The maximum Gasteiger partial charge on any atom is 0.338 e. The smallest absolute Gasteiger partial charge is 0.338 e. The Balaban J connectivity index is 2.37. The quantitative estimate of drug-likeness (QED) is 0.452. The minimum absolute atomic E-state index is 0.318. The van der Waals surface area contributed by atoms with Crippen LogP contribution in [0.15, 0.2) is 24.3 Å². The summed E-state index contributed by atoms with van der Waals surface area (Å²) < 4.78 is 5.03. The summed E-state index contributed by atoms with van der Waals surface area (Å²) in [5.74, 6) is 0.277. The van der Waals surface area contributed by atoms with Gasteiger partial charge in [0.2, 0.25) is 0 Å². The number of hydrogen-bond acceptors (Lipinski definition) is 2. The monoisotopic (exact) mass is 246 g/mol. The molecular formula is C11H12Cl2O2. The van der Waals surface area contributed by atoms with Crippen LogP contribution in [0, 0.1) is 0 Å². The minimum atomic E-state index is -0.318. The molecule has 0 unspecified atom stereocenters. The first-order valence-electron chi connectivity index (χ1n) is 4.72. The Morgan fingerprint density at radius 1 is 1.20 bits per heavy atom. The molecule has 0 N–H and O–H groups in total. The van der Waals surface area contributed by atoms with Crippen LogP contribution in [-0.4, -0.2) is 18.5 Å². The number of unbranched alkanes of at least 4 members (excludes halogenated alkanes) is 1. The Bertz CT molecular complexity index is 309. The van der Waals surface area contributed by atoms with Gasteiger partial charge in [-0.15, -0.1) is 11.6 Å². The van der Waals surface area contributed by atoms with Crippen molar-refractivity contribution in [3.05, 3.63) is 34.9 Å². The van der Waals surface area contributed by atoms with E-state index in [-0.39, 0.29) is 5.97 Å². The summed E-state index contributed by atoms with van der Waals surface area (Å²) in [4.78, 5) is 11.4. The molecule has 82 valence electrons. The molecule has 0 amide bonds. The van der Waals surface area contributed by atoms with Crippen molar-refractivity contribution in [2.45, 2.75) is 12.8 Å². The number of hydrogen-bond donors (Lipinski definition) is 0. The van der Waals surface area contributed by atoms with E-state index in [0.717, 1.165) is 12.8 Å². The fourth-order valence-electron chi connectivity index (χ4n) is 1.03. The van der Waals surface area contributed by atoms with Crippen LogP contribution in [0.5, 0.6) is 0 Å². The van der Waals surface area contributed by atoms with Gasteiger partial charge in [-0.1, -0.05) is 11.6 Å². The van der Waals surface area contributed by atoms with Gasteiger partial charge in [0.1, 0.15) is 0 Å². The number of esters is 1. The van der Waals surface area contributed by atoms with Crippen molar-refractivity contribution in [1.29, 1.82) is 0 Å². The van der Waals surface area contributed by atoms with Crippen molar-refractivity contribution >= 4 is 29.2 Å². The average Bonchev–Trinajstić information content (AvgIpc) is 2.25. The van der Waals surface area contributed by atoms with Crippen LogP contribution in [0.3, 0.4) is 0 Å². The lowest BCUT2D eigenvalue weighted by Crippen LogP contribution is -2.06. The number of ether oxygens (including phenoxy) is 1. The normalized spacial score (nSPS) is 10.0. The third kappa shape index (κ3) is 4.54. The third-order valence-corrected chi connectivity index (χ3v) is 2.36. The summed E-state index contributed by atoms with van der Waals surface area (Å²) in [6.07, 6.45) is 1.65. The van der Waals surface area contributed by atoms with Gasteiger partial charge in [-0.05, 0) is 37.1 Å². The van der Waals surface area contributed by atoms with Gasteiger partial charge in [0, 0.05) is 10.9 Å². The van der Waals surface area contributed by atoms with Gasteiger partial charge in [0.25, 0.3) is 0 Å². The fourth-order valence-corrected chi connectivity index (χ4v) is 1.35. The van der Waals surface area contributed by atoms with E-state index in [2.05, 4.69) is 0 Å². The molecule has 0 aliphatic rings. The third-order valence-electron chi connectivity index (χ3n) is 1.84. The van der Waals surface area contributed by atoms with Gasteiger partial charge < -0.3 is 4.74 Å². The lowest BCUT2D eigenvalue weighted by atomic mass is 10.2. The van der Waals surface area contributed by atoms with Gasteiger partial charge in [-0.2, -0.15) is 0 Å². The van der Waals surface area contributed by atoms with Crippen LogP contribution in [0.4, 0.5) is 0 Å². The van der Waals surface area contributed by atoms with E-state index in [4.69, 9.17) is 27.9 Å². The topological polar surface area (TPSA) is 26.3 Å². The number of carbonyl (C=O) groups excluding carboxylic acids is 1. The zero-order valence-corrected chi connectivity index (χ0v) is 9.72. The second kappa shape index (κ2) is 6.70. The van der Waals surface area contributed by atoms with Gasteiger partial charge >= 0.3 is 5.97 Å². The zero-order chi connectivity index (χ0) is 11.1. The van der Waals surface area contributed by atoms with Crippen LogP contribution in [0.1, 0.15) is 23.2 Å². The van der Waals surface area contributed by atoms with E-state index in [1.54, 1.807) is 24.3 Å². The zero-order valence-electron chi connectivity index (χ0n) is 8.21. The summed E-state index contributed by atoms with van der Waals surface area (Å²) >= 11 is 11.2. The Hall–Kier alpha value is -0.730. The number of alkyl halides is 1. The highest BCUT2D eigenvalue weighted by atomic mass is 35.5. The maximum absolute atomic E-state index is 11.4. The number of halogens is 2. The second-order valence-corrected chi connectivity index (χ2v) is 3.85. The average molecular weight is 247 g/mol. The van der Waals surface area contributed by atoms with Crippen LogP contribution in [0.25, 0.3) is 0 Å². The summed E-state index contributed by atoms with van der Waals surface area (Å²) in [5.41, 5.74) is 0.519. The van der Waals surface area contributed by atoms with E-state index in [0.29, 0.717) is 23.1 Å². The predicted molar refractivity (Wildman–Crippen MR) is 61.7 cm³/mol. The van der Waals surface area contributed by atoms with Crippen LogP contribution >= 0.6 is 23.2 Å². The fraction of sp³-hybridized carbons (Fsp3) is 0.364. The number of rotatable bonds is 5. The highest BCUT2D eigenvalue weighted by Gasteiger charge is 2.05. The van der Waals surface area contributed by atoms with E-state index >= 15 is 0 Å². The first-order valence-corrected chi connectivity index (χ1v) is 5.64. The minimum Gasteiger partial charge on any atom is -0.462 e. The lowest BCUT2D eigenvalue weighted by Gasteiger charge is -2.03. The van der Waals surface area contributed by atoms with Gasteiger partial charge in [-0.25, -0.2) is 4.79 Å². The molecule has 0 aliphatic heterocycles. The Kier molecular flexibility index (Phi) is 5.51. The summed E-state index contributed by atoms with van der Waals surface area (Å²) in [5, 5.41) is 0.605. The molecule has 0 spiro atoms. The van der Waals surface area contributed by atoms with Crippen molar-refractivity contribution < 1.29 is 9.53 Å². The number of benzene rings is 1. The van der Waals surface area contributed by atoms with Gasteiger partial charge in [-0.3, -0.25) is 0 Å². The summed E-state index contributed by atoms with van der Waals surface area (Å²) in [6, 6.07) is 6.62. The molecule has 0 atom stereocenters. The molecule has 0 saturated carbocycles. The lowest BCUT2D eigenvalue weighted by molar-refractivity contribution is 0.0500. The molecule has 1 aromatic rings. The van der Waals surface area contributed by atoms with E-state index in [1.165, 1.54) is 0 Å². The van der Waals surface area contributed by atoms with Crippen LogP contribution in [-0.2, 0) is 4.74 Å². The van der Waals surface area contributed by atoms with Crippen LogP contribution < -0.4 is 0 Å². The summed E-state index contributed by atoms with van der Waals surface area (Å²) in [6.45, 7) is 0.411. The molecular weight excluding hydrogens is 235 g/mol. The standard InChI is InChI=1S/C11H12Cl2O2/c12-7-1-2-8-15-11(14)9-3-5-10(13)6-4-9/h3-6H,1-2,7-8H2. The van der Waals surface area contributed by atoms with Crippen molar-refractivity contribution in [3.63, 3.8) is 0 Å². The molecule has 15 heavy (non-hydrogen) atoms. The first-order chi connectivity index (χ1) is 7.24. The van der Waals surface area contributed by atoms with Crippen LogP contribution in [0.2, 0.25) is 5.02 Å². The maximum atomic E-state index is 11.4. The molecule has 0 heterocycles. The molecule has 2 nitrogen and oxygen atoms in total. The van der Waals surface area contributed by atoms with Gasteiger partial charge in [0.15, 0.2) is 0 Å². The highest BCUT2D eigenvalue weighted by Crippen LogP contribution is 2.10. The van der Waals surface area contributed by atoms with E-state index in [1.807, 2.05) is 0 Å². The molecule has 0 radical (unpaired) electrons. The molecule has 1 aromatic carbocycles. The molecule has 4 heteroatoms. The highest BCUT2D eigenvalue weighted by molar-refractivity contribution is 6.30. The largest absolute Gasteiger partial charge is 0.462 e. The molecule has 0 saturated heterocycles. The van der Waals surface area contributed by atoms with Crippen molar-refractivity contribution in [3.8, 4) is 0 Å². The second-order valence-electron chi connectivity index (χ2n) is 3.04. The predicted octanol–water partition coefficient (Wildman–Crippen LogP) is 3.52.